The fourth-order valence-corrected chi connectivity index (χ4v) is 2.96. The molecule has 0 aliphatic carbocycles. The van der Waals surface area contributed by atoms with Gasteiger partial charge in [-0.25, -0.2) is 0 Å². The predicted octanol–water partition coefficient (Wildman–Crippen LogP) is 2.29. The molecule has 1 saturated heterocycles. The number of hydrogen-bond acceptors (Lipinski definition) is 3. The highest BCUT2D eigenvalue weighted by Gasteiger charge is 2.17. The third kappa shape index (κ3) is 4.67. The summed E-state index contributed by atoms with van der Waals surface area (Å²) in [6.45, 7) is 5.53. The first-order valence-electron chi connectivity index (χ1n) is 5.63. The van der Waals surface area contributed by atoms with E-state index >= 15 is 0 Å². The van der Waals surface area contributed by atoms with Crippen molar-refractivity contribution in [2.24, 2.45) is 0 Å². The van der Waals surface area contributed by atoms with Crippen LogP contribution < -0.4 is 5.32 Å². The fourth-order valence-electron chi connectivity index (χ4n) is 1.73. The largest absolute Gasteiger partial charge is 0.377 e. The Labute approximate surface area is 92.2 Å². The van der Waals surface area contributed by atoms with Crippen LogP contribution in [0.25, 0.3) is 0 Å². The van der Waals surface area contributed by atoms with E-state index in [9.17, 15) is 0 Å². The smallest absolute Gasteiger partial charge is 0.0666 e. The van der Waals surface area contributed by atoms with Crippen molar-refractivity contribution in [2.45, 2.75) is 50.5 Å². The molecule has 0 radical (unpaired) electrons. The molecule has 1 N–H and O–H groups in total. The summed E-state index contributed by atoms with van der Waals surface area (Å²) < 4.78 is 5.60. The maximum absolute atomic E-state index is 5.60. The molecule has 3 unspecified atom stereocenters. The molecule has 0 aromatic carbocycles. The highest BCUT2D eigenvalue weighted by atomic mass is 32.2. The first-order chi connectivity index (χ1) is 6.72. The Morgan fingerprint density at radius 3 is 2.86 bits per heavy atom. The minimum atomic E-state index is 0.535. The van der Waals surface area contributed by atoms with Crippen LogP contribution in [0.3, 0.4) is 0 Å². The van der Waals surface area contributed by atoms with Crippen molar-refractivity contribution in [1.29, 1.82) is 0 Å². The lowest BCUT2D eigenvalue weighted by Gasteiger charge is -2.18. The van der Waals surface area contributed by atoms with Crippen LogP contribution in [0.2, 0.25) is 0 Å². The molecule has 1 fully saturated rings. The summed E-state index contributed by atoms with van der Waals surface area (Å²) >= 11 is 2.05. The summed E-state index contributed by atoms with van der Waals surface area (Å²) in [6, 6.07) is 0.627. The average molecular weight is 217 g/mol. The van der Waals surface area contributed by atoms with Crippen molar-refractivity contribution in [3.63, 3.8) is 0 Å². The molecule has 1 aliphatic heterocycles. The van der Waals surface area contributed by atoms with Gasteiger partial charge in [-0.15, -0.1) is 0 Å². The van der Waals surface area contributed by atoms with E-state index in [0.717, 1.165) is 11.9 Å². The third-order valence-corrected chi connectivity index (χ3v) is 4.09. The van der Waals surface area contributed by atoms with Gasteiger partial charge in [-0.05, 0) is 33.2 Å². The summed E-state index contributed by atoms with van der Waals surface area (Å²) in [4.78, 5) is 0. The third-order valence-electron chi connectivity index (χ3n) is 2.77. The van der Waals surface area contributed by atoms with Crippen molar-refractivity contribution in [3.8, 4) is 0 Å². The quantitative estimate of drug-likeness (QED) is 0.737. The maximum atomic E-state index is 5.60. The first kappa shape index (κ1) is 12.3. The van der Waals surface area contributed by atoms with E-state index in [0.29, 0.717) is 12.1 Å². The number of rotatable bonds is 6. The normalized spacial score (nSPS) is 26.4. The van der Waals surface area contributed by atoms with Gasteiger partial charge < -0.3 is 10.1 Å². The molecular weight excluding hydrogens is 194 g/mol. The maximum Gasteiger partial charge on any atom is 0.0666 e. The molecule has 0 bridgehead atoms. The molecule has 84 valence electrons. The van der Waals surface area contributed by atoms with Gasteiger partial charge in [0.05, 0.1) is 6.10 Å². The van der Waals surface area contributed by atoms with Crippen LogP contribution in [0.1, 0.15) is 33.1 Å². The van der Waals surface area contributed by atoms with Gasteiger partial charge in [-0.3, -0.25) is 0 Å². The first-order valence-corrected chi connectivity index (χ1v) is 6.67. The van der Waals surface area contributed by atoms with Crippen molar-refractivity contribution >= 4 is 11.8 Å². The van der Waals surface area contributed by atoms with Crippen LogP contribution in [-0.4, -0.2) is 36.8 Å². The van der Waals surface area contributed by atoms with Gasteiger partial charge in [0, 0.05) is 23.7 Å². The van der Waals surface area contributed by atoms with E-state index < -0.39 is 0 Å². The van der Waals surface area contributed by atoms with Crippen LogP contribution in [0.4, 0.5) is 0 Å². The Morgan fingerprint density at radius 2 is 2.29 bits per heavy atom. The summed E-state index contributed by atoms with van der Waals surface area (Å²) in [5.74, 6) is 1.18. The Morgan fingerprint density at radius 1 is 1.50 bits per heavy atom. The van der Waals surface area contributed by atoms with Crippen LogP contribution in [0, 0.1) is 0 Å². The average Bonchev–Trinajstić information content (AvgIpc) is 2.67. The lowest BCUT2D eigenvalue weighted by molar-refractivity contribution is 0.129. The fraction of sp³-hybridized carbons (Fsp3) is 1.00. The van der Waals surface area contributed by atoms with Gasteiger partial charge in [0.1, 0.15) is 0 Å². The predicted molar refractivity (Wildman–Crippen MR) is 64.0 cm³/mol. The second-order valence-electron chi connectivity index (χ2n) is 4.20. The molecule has 3 heteroatoms. The van der Waals surface area contributed by atoms with Crippen LogP contribution in [-0.2, 0) is 4.74 Å². The van der Waals surface area contributed by atoms with Crippen molar-refractivity contribution in [3.05, 3.63) is 0 Å². The molecule has 0 saturated carbocycles. The Hall–Kier alpha value is 0.270. The van der Waals surface area contributed by atoms with Gasteiger partial charge in [0.25, 0.3) is 0 Å². The number of nitrogens with one attached hydrogen (secondary N) is 1. The van der Waals surface area contributed by atoms with Crippen LogP contribution in [0.15, 0.2) is 0 Å². The number of ether oxygens (including phenoxy) is 1. The topological polar surface area (TPSA) is 21.3 Å². The Kier molecular flexibility index (Phi) is 5.90. The van der Waals surface area contributed by atoms with E-state index in [2.05, 4.69) is 30.9 Å². The number of hydrogen-bond donors (Lipinski definition) is 1. The van der Waals surface area contributed by atoms with Crippen molar-refractivity contribution < 1.29 is 4.74 Å². The van der Waals surface area contributed by atoms with E-state index in [4.69, 9.17) is 4.74 Å². The van der Waals surface area contributed by atoms with E-state index in [1.165, 1.54) is 25.0 Å². The summed E-state index contributed by atoms with van der Waals surface area (Å²) in [7, 11) is 2.03. The highest BCUT2D eigenvalue weighted by molar-refractivity contribution is 7.99. The van der Waals surface area contributed by atoms with Crippen molar-refractivity contribution in [1.82, 2.24) is 5.32 Å². The lowest BCUT2D eigenvalue weighted by atomic mass is 10.2. The van der Waals surface area contributed by atoms with Crippen molar-refractivity contribution in [2.75, 3.05) is 19.4 Å². The highest BCUT2D eigenvalue weighted by Crippen LogP contribution is 2.22. The van der Waals surface area contributed by atoms with Gasteiger partial charge in [0.2, 0.25) is 0 Å². The molecule has 3 atom stereocenters. The minimum absolute atomic E-state index is 0.535. The molecule has 1 rings (SSSR count). The molecule has 0 amide bonds. The summed E-state index contributed by atoms with van der Waals surface area (Å²) in [5.41, 5.74) is 0. The number of thioether (sulfide) groups is 1. The molecular formula is C11H23NOS. The zero-order chi connectivity index (χ0) is 10.4. The van der Waals surface area contributed by atoms with Crippen LogP contribution >= 0.6 is 11.8 Å². The molecule has 1 heterocycles. The minimum Gasteiger partial charge on any atom is -0.377 e. The van der Waals surface area contributed by atoms with Gasteiger partial charge in [0.15, 0.2) is 0 Å². The summed E-state index contributed by atoms with van der Waals surface area (Å²) in [5, 5.41) is 4.02. The van der Waals surface area contributed by atoms with Gasteiger partial charge in [-0.1, -0.05) is 6.92 Å². The molecule has 0 spiro atoms. The zero-order valence-corrected chi connectivity index (χ0v) is 10.4. The SMILES string of the molecule is CNC(C)CC(C)SCC1CCCO1. The van der Waals surface area contributed by atoms with Gasteiger partial charge in [-0.2, -0.15) is 11.8 Å². The Bertz CT molecular complexity index is 148. The second-order valence-corrected chi connectivity index (χ2v) is 5.68. The van der Waals surface area contributed by atoms with Crippen LogP contribution in [0.5, 0.6) is 0 Å². The monoisotopic (exact) mass is 217 g/mol. The molecule has 0 aromatic rings. The molecule has 1 aliphatic rings. The van der Waals surface area contributed by atoms with E-state index in [-0.39, 0.29) is 0 Å². The standard InChI is InChI=1S/C11H23NOS/c1-9(12-3)7-10(2)14-8-11-5-4-6-13-11/h9-12H,4-8H2,1-3H3. The molecule has 2 nitrogen and oxygen atoms in total. The second kappa shape index (κ2) is 6.70. The lowest BCUT2D eigenvalue weighted by Crippen LogP contribution is -2.25. The van der Waals surface area contributed by atoms with Gasteiger partial charge >= 0.3 is 0 Å². The molecule has 0 aromatic heterocycles. The van der Waals surface area contributed by atoms with E-state index in [1.54, 1.807) is 0 Å². The Balaban J connectivity index is 2.04. The molecule has 14 heavy (non-hydrogen) atoms. The van der Waals surface area contributed by atoms with E-state index in [1.807, 2.05) is 7.05 Å². The summed E-state index contributed by atoms with van der Waals surface area (Å²) in [6.07, 6.45) is 4.30. The zero-order valence-electron chi connectivity index (χ0n) is 9.58.